The summed E-state index contributed by atoms with van der Waals surface area (Å²) in [5.74, 6) is 0.849. The summed E-state index contributed by atoms with van der Waals surface area (Å²) in [5, 5.41) is 3.46. The lowest BCUT2D eigenvalue weighted by molar-refractivity contribution is 0.0969. The summed E-state index contributed by atoms with van der Waals surface area (Å²) in [6.07, 6.45) is 2.56. The van der Waals surface area contributed by atoms with Crippen molar-refractivity contribution in [3.05, 3.63) is 0 Å². The molecule has 2 saturated heterocycles. The van der Waals surface area contributed by atoms with Gasteiger partial charge in [-0.15, -0.1) is 0 Å². The van der Waals surface area contributed by atoms with Crippen LogP contribution in [0.1, 0.15) is 26.7 Å². The van der Waals surface area contributed by atoms with Gasteiger partial charge in [-0.1, -0.05) is 6.92 Å². The van der Waals surface area contributed by atoms with E-state index < -0.39 is 0 Å². The van der Waals surface area contributed by atoms with Gasteiger partial charge in [0.1, 0.15) is 0 Å². The molecule has 0 spiro atoms. The number of ether oxygens (including phenoxy) is 1. The minimum Gasteiger partial charge on any atom is -0.379 e. The van der Waals surface area contributed by atoms with Crippen molar-refractivity contribution < 1.29 is 4.74 Å². The van der Waals surface area contributed by atoms with E-state index in [-0.39, 0.29) is 0 Å². The van der Waals surface area contributed by atoms with Crippen LogP contribution in [0.3, 0.4) is 0 Å². The first-order valence-corrected chi connectivity index (χ1v) is 6.28. The van der Waals surface area contributed by atoms with Gasteiger partial charge in [-0.3, -0.25) is 4.90 Å². The Kier molecular flexibility index (Phi) is 3.65. The Balaban J connectivity index is 1.81. The molecule has 2 rings (SSSR count). The van der Waals surface area contributed by atoms with Crippen LogP contribution in [0.25, 0.3) is 0 Å². The Hall–Kier alpha value is -0.120. The second-order valence-electron chi connectivity index (χ2n) is 5.21. The fraction of sp³-hybridized carbons (Fsp3) is 1.00. The highest BCUT2D eigenvalue weighted by molar-refractivity contribution is 4.94. The van der Waals surface area contributed by atoms with Crippen LogP contribution in [0, 0.1) is 5.92 Å². The summed E-state index contributed by atoms with van der Waals surface area (Å²) in [7, 11) is 0. The van der Waals surface area contributed by atoms with Gasteiger partial charge in [-0.2, -0.15) is 0 Å². The fourth-order valence-corrected chi connectivity index (χ4v) is 2.74. The number of nitrogens with zero attached hydrogens (tertiary/aromatic N) is 1. The number of likely N-dealkylation sites (tertiary alicyclic amines) is 1. The van der Waals surface area contributed by atoms with Crippen LogP contribution >= 0.6 is 0 Å². The van der Waals surface area contributed by atoms with Crippen molar-refractivity contribution in [1.29, 1.82) is 0 Å². The zero-order chi connectivity index (χ0) is 10.7. The van der Waals surface area contributed by atoms with Gasteiger partial charge in [0.05, 0.1) is 6.61 Å². The molecule has 2 atom stereocenters. The molecule has 2 aliphatic rings. The largest absolute Gasteiger partial charge is 0.379 e. The van der Waals surface area contributed by atoms with Crippen molar-refractivity contribution in [2.24, 2.45) is 5.92 Å². The first-order valence-electron chi connectivity index (χ1n) is 6.28. The molecule has 3 nitrogen and oxygen atoms in total. The monoisotopic (exact) mass is 212 g/mol. The number of hydrogen-bond acceptors (Lipinski definition) is 3. The molecule has 2 unspecified atom stereocenters. The van der Waals surface area contributed by atoms with E-state index in [1.165, 1.54) is 32.5 Å². The molecule has 0 bridgehead atoms. The lowest BCUT2D eigenvalue weighted by Gasteiger charge is -2.34. The third-order valence-corrected chi connectivity index (χ3v) is 3.93. The Bertz CT molecular complexity index is 202. The molecule has 0 radical (unpaired) electrons. The van der Waals surface area contributed by atoms with Crippen LogP contribution in [-0.4, -0.2) is 49.8 Å². The Labute approximate surface area is 93.2 Å². The van der Waals surface area contributed by atoms with E-state index in [9.17, 15) is 0 Å². The maximum atomic E-state index is 5.53. The minimum absolute atomic E-state index is 0.334. The van der Waals surface area contributed by atoms with Crippen LogP contribution < -0.4 is 5.32 Å². The second kappa shape index (κ2) is 4.81. The van der Waals surface area contributed by atoms with Crippen molar-refractivity contribution in [2.75, 3.05) is 39.4 Å². The van der Waals surface area contributed by atoms with E-state index in [0.717, 1.165) is 25.7 Å². The van der Waals surface area contributed by atoms with Gasteiger partial charge in [0, 0.05) is 18.7 Å². The topological polar surface area (TPSA) is 24.5 Å². The van der Waals surface area contributed by atoms with Crippen LogP contribution in [0.2, 0.25) is 0 Å². The summed E-state index contributed by atoms with van der Waals surface area (Å²) in [6, 6.07) is 0. The molecule has 15 heavy (non-hydrogen) atoms. The van der Waals surface area contributed by atoms with E-state index >= 15 is 0 Å². The normalized spacial score (nSPS) is 37.6. The molecule has 2 heterocycles. The highest BCUT2D eigenvalue weighted by Gasteiger charge is 2.39. The van der Waals surface area contributed by atoms with Crippen molar-refractivity contribution in [1.82, 2.24) is 10.2 Å². The molecule has 2 aliphatic heterocycles. The van der Waals surface area contributed by atoms with Crippen molar-refractivity contribution in [3.8, 4) is 0 Å². The smallest absolute Gasteiger partial charge is 0.0648 e. The quantitative estimate of drug-likeness (QED) is 0.755. The summed E-state index contributed by atoms with van der Waals surface area (Å²) in [6.45, 7) is 11.2. The Morgan fingerprint density at radius 3 is 3.07 bits per heavy atom. The highest BCUT2D eigenvalue weighted by atomic mass is 16.5. The summed E-state index contributed by atoms with van der Waals surface area (Å²) in [5.41, 5.74) is 0.334. The highest BCUT2D eigenvalue weighted by Crippen LogP contribution is 2.30. The standard InChI is InChI=1S/C12H24N2O/c1-3-13-8-11-4-6-14(9-11)12(2)5-7-15-10-12/h11,13H,3-10H2,1-2H3. The minimum atomic E-state index is 0.334. The molecule has 2 fully saturated rings. The van der Waals surface area contributed by atoms with Crippen LogP contribution in [0.5, 0.6) is 0 Å². The molecule has 88 valence electrons. The molecule has 0 aliphatic carbocycles. The molecule has 1 N–H and O–H groups in total. The summed E-state index contributed by atoms with van der Waals surface area (Å²) >= 11 is 0. The van der Waals surface area contributed by atoms with E-state index in [4.69, 9.17) is 4.74 Å². The van der Waals surface area contributed by atoms with Crippen LogP contribution in [-0.2, 0) is 4.74 Å². The van der Waals surface area contributed by atoms with Crippen molar-refractivity contribution in [2.45, 2.75) is 32.2 Å². The van der Waals surface area contributed by atoms with E-state index in [1.54, 1.807) is 0 Å². The lowest BCUT2D eigenvalue weighted by Crippen LogP contribution is -2.45. The molecule has 0 aromatic rings. The predicted octanol–water partition coefficient (Wildman–Crippen LogP) is 1.10. The maximum Gasteiger partial charge on any atom is 0.0648 e. The zero-order valence-electron chi connectivity index (χ0n) is 10.1. The molecule has 0 amide bonds. The van der Waals surface area contributed by atoms with Crippen molar-refractivity contribution >= 4 is 0 Å². The molecule has 3 heteroatoms. The maximum absolute atomic E-state index is 5.53. The second-order valence-corrected chi connectivity index (χ2v) is 5.21. The van der Waals surface area contributed by atoms with Gasteiger partial charge in [-0.25, -0.2) is 0 Å². The van der Waals surface area contributed by atoms with E-state index in [0.29, 0.717) is 5.54 Å². The zero-order valence-corrected chi connectivity index (χ0v) is 10.1. The third kappa shape index (κ3) is 2.52. The van der Waals surface area contributed by atoms with Gasteiger partial charge < -0.3 is 10.1 Å². The van der Waals surface area contributed by atoms with Gasteiger partial charge in [0.25, 0.3) is 0 Å². The molecule has 0 aromatic carbocycles. The van der Waals surface area contributed by atoms with Crippen LogP contribution in [0.15, 0.2) is 0 Å². The summed E-state index contributed by atoms with van der Waals surface area (Å²) < 4.78 is 5.53. The predicted molar refractivity (Wildman–Crippen MR) is 62.1 cm³/mol. The molecule has 0 saturated carbocycles. The van der Waals surface area contributed by atoms with Gasteiger partial charge in [0.15, 0.2) is 0 Å². The number of rotatable bonds is 4. The average molecular weight is 212 g/mol. The third-order valence-electron chi connectivity index (χ3n) is 3.93. The number of nitrogens with one attached hydrogen (secondary N) is 1. The molecule has 0 aromatic heterocycles. The Morgan fingerprint density at radius 2 is 2.40 bits per heavy atom. The number of hydrogen-bond donors (Lipinski definition) is 1. The molecular formula is C12H24N2O. The van der Waals surface area contributed by atoms with Gasteiger partial charge in [0.2, 0.25) is 0 Å². The first kappa shape index (κ1) is 11.4. The summed E-state index contributed by atoms with van der Waals surface area (Å²) in [4.78, 5) is 2.64. The lowest BCUT2D eigenvalue weighted by atomic mass is 9.99. The SMILES string of the molecule is CCNCC1CCN(C2(C)CCOC2)C1. The Morgan fingerprint density at radius 1 is 1.53 bits per heavy atom. The van der Waals surface area contributed by atoms with E-state index in [1.807, 2.05) is 0 Å². The molecular weight excluding hydrogens is 188 g/mol. The first-order chi connectivity index (χ1) is 7.24. The fourth-order valence-electron chi connectivity index (χ4n) is 2.74. The van der Waals surface area contributed by atoms with Crippen molar-refractivity contribution in [3.63, 3.8) is 0 Å². The van der Waals surface area contributed by atoms with Gasteiger partial charge in [-0.05, 0) is 45.3 Å². The van der Waals surface area contributed by atoms with E-state index in [2.05, 4.69) is 24.1 Å². The van der Waals surface area contributed by atoms with Gasteiger partial charge >= 0.3 is 0 Å². The van der Waals surface area contributed by atoms with Crippen LogP contribution in [0.4, 0.5) is 0 Å². The average Bonchev–Trinajstić information content (AvgIpc) is 2.84.